The summed E-state index contributed by atoms with van der Waals surface area (Å²) >= 11 is 3.44. The number of benzene rings is 3. The van der Waals surface area contributed by atoms with Crippen LogP contribution in [0.15, 0.2) is 71.2 Å². The lowest BCUT2D eigenvalue weighted by Crippen LogP contribution is -2.15. The Balaban J connectivity index is 1.82. The molecule has 0 bridgehead atoms. The number of amides is 1. The van der Waals surface area contributed by atoms with Crippen LogP contribution in [-0.2, 0) is 6.61 Å². The zero-order valence-electron chi connectivity index (χ0n) is 14.8. The van der Waals surface area contributed by atoms with E-state index in [2.05, 4.69) is 21.2 Å². The first-order chi connectivity index (χ1) is 12.5. The molecule has 0 heterocycles. The normalized spacial score (nSPS) is 10.4. The average molecular weight is 410 g/mol. The molecule has 0 aliphatic carbocycles. The second kappa shape index (κ2) is 8.19. The molecular formula is C22H20BrNO2. The minimum Gasteiger partial charge on any atom is -0.488 e. The number of halogens is 1. The number of ether oxygens (including phenoxy) is 1. The van der Waals surface area contributed by atoms with Crippen molar-refractivity contribution in [2.75, 3.05) is 5.32 Å². The Bertz CT molecular complexity index is 923. The van der Waals surface area contributed by atoms with Crippen molar-refractivity contribution in [3.8, 4) is 5.75 Å². The summed E-state index contributed by atoms with van der Waals surface area (Å²) in [4.78, 5) is 12.9. The van der Waals surface area contributed by atoms with Crippen molar-refractivity contribution in [1.82, 2.24) is 0 Å². The van der Waals surface area contributed by atoms with Crippen molar-refractivity contribution >= 4 is 27.5 Å². The maximum atomic E-state index is 12.9. The smallest absolute Gasteiger partial charge is 0.259 e. The molecule has 132 valence electrons. The first kappa shape index (κ1) is 18.2. The molecule has 3 nitrogen and oxygen atoms in total. The largest absolute Gasteiger partial charge is 0.488 e. The first-order valence-corrected chi connectivity index (χ1v) is 9.18. The monoisotopic (exact) mass is 409 g/mol. The summed E-state index contributed by atoms with van der Waals surface area (Å²) in [5, 5.41) is 2.99. The van der Waals surface area contributed by atoms with Gasteiger partial charge in [0.05, 0.1) is 5.56 Å². The van der Waals surface area contributed by atoms with Crippen LogP contribution in [0.25, 0.3) is 0 Å². The second-order valence-electron chi connectivity index (χ2n) is 6.12. The predicted molar refractivity (Wildman–Crippen MR) is 109 cm³/mol. The van der Waals surface area contributed by atoms with Crippen LogP contribution in [0.3, 0.4) is 0 Å². The maximum Gasteiger partial charge on any atom is 0.259 e. The molecule has 3 aromatic rings. The van der Waals surface area contributed by atoms with E-state index in [1.807, 2.05) is 74.5 Å². The van der Waals surface area contributed by atoms with Crippen molar-refractivity contribution in [3.63, 3.8) is 0 Å². The zero-order valence-corrected chi connectivity index (χ0v) is 16.3. The van der Waals surface area contributed by atoms with Gasteiger partial charge >= 0.3 is 0 Å². The van der Waals surface area contributed by atoms with E-state index in [0.717, 1.165) is 26.9 Å². The fourth-order valence-electron chi connectivity index (χ4n) is 2.62. The quantitative estimate of drug-likeness (QED) is 0.569. The molecule has 0 saturated heterocycles. The van der Waals surface area contributed by atoms with Gasteiger partial charge in [-0.2, -0.15) is 0 Å². The number of aryl methyl sites for hydroxylation is 1. The average Bonchev–Trinajstić information content (AvgIpc) is 2.65. The van der Waals surface area contributed by atoms with Crippen LogP contribution in [0.1, 0.15) is 27.0 Å². The van der Waals surface area contributed by atoms with Gasteiger partial charge in [0, 0.05) is 10.2 Å². The van der Waals surface area contributed by atoms with Gasteiger partial charge in [-0.1, -0.05) is 58.4 Å². The molecular weight excluding hydrogens is 390 g/mol. The van der Waals surface area contributed by atoms with Gasteiger partial charge in [-0.3, -0.25) is 4.79 Å². The molecule has 0 unspecified atom stereocenters. The number of carbonyl (C=O) groups is 1. The lowest BCUT2D eigenvalue weighted by atomic mass is 10.1. The van der Waals surface area contributed by atoms with Gasteiger partial charge in [-0.05, 0) is 54.8 Å². The van der Waals surface area contributed by atoms with Crippen LogP contribution in [0, 0.1) is 13.8 Å². The van der Waals surface area contributed by atoms with Gasteiger partial charge in [0.15, 0.2) is 0 Å². The molecule has 1 amide bonds. The topological polar surface area (TPSA) is 38.3 Å². The van der Waals surface area contributed by atoms with Crippen LogP contribution in [0.2, 0.25) is 0 Å². The fraction of sp³-hybridized carbons (Fsp3) is 0.136. The Labute approximate surface area is 162 Å². The van der Waals surface area contributed by atoms with Crippen molar-refractivity contribution in [2.45, 2.75) is 20.5 Å². The molecule has 0 atom stereocenters. The Morgan fingerprint density at radius 2 is 1.77 bits per heavy atom. The SMILES string of the molecule is Cc1cccc(NC(=O)c2cc(Br)ccc2OCc2ccccc2)c1C. The van der Waals surface area contributed by atoms with Crippen molar-refractivity contribution in [2.24, 2.45) is 0 Å². The Kier molecular flexibility index (Phi) is 5.74. The number of anilines is 1. The lowest BCUT2D eigenvalue weighted by Gasteiger charge is -2.14. The zero-order chi connectivity index (χ0) is 18.5. The van der Waals surface area contributed by atoms with E-state index in [0.29, 0.717) is 17.9 Å². The summed E-state index contributed by atoms with van der Waals surface area (Å²) < 4.78 is 6.74. The molecule has 0 aliphatic heterocycles. The number of hydrogen-bond acceptors (Lipinski definition) is 2. The summed E-state index contributed by atoms with van der Waals surface area (Å²) in [5.41, 5.74) is 4.55. The van der Waals surface area contributed by atoms with E-state index in [1.54, 1.807) is 6.07 Å². The summed E-state index contributed by atoms with van der Waals surface area (Å²) in [7, 11) is 0. The van der Waals surface area contributed by atoms with Crippen molar-refractivity contribution in [1.29, 1.82) is 0 Å². The third-order valence-corrected chi connectivity index (χ3v) is 4.77. The molecule has 26 heavy (non-hydrogen) atoms. The van der Waals surface area contributed by atoms with Gasteiger partial charge in [0.1, 0.15) is 12.4 Å². The van der Waals surface area contributed by atoms with Gasteiger partial charge in [-0.25, -0.2) is 0 Å². The molecule has 4 heteroatoms. The van der Waals surface area contributed by atoms with Crippen molar-refractivity contribution < 1.29 is 9.53 Å². The maximum absolute atomic E-state index is 12.9. The summed E-state index contributed by atoms with van der Waals surface area (Å²) in [6, 6.07) is 21.2. The minimum absolute atomic E-state index is 0.192. The summed E-state index contributed by atoms with van der Waals surface area (Å²) in [5.74, 6) is 0.364. The van der Waals surface area contributed by atoms with Crippen LogP contribution < -0.4 is 10.1 Å². The van der Waals surface area contributed by atoms with E-state index >= 15 is 0 Å². The molecule has 0 aliphatic rings. The Morgan fingerprint density at radius 3 is 2.54 bits per heavy atom. The standard InChI is InChI=1S/C22H20BrNO2/c1-15-7-6-10-20(16(15)2)24-22(25)19-13-18(23)11-12-21(19)26-14-17-8-4-3-5-9-17/h3-13H,14H2,1-2H3,(H,24,25). The van der Waals surface area contributed by atoms with Crippen LogP contribution in [-0.4, -0.2) is 5.91 Å². The molecule has 1 N–H and O–H groups in total. The molecule has 0 radical (unpaired) electrons. The van der Waals surface area contributed by atoms with Gasteiger partial charge in [-0.15, -0.1) is 0 Å². The van der Waals surface area contributed by atoms with E-state index < -0.39 is 0 Å². The molecule has 0 aromatic heterocycles. The highest BCUT2D eigenvalue weighted by Crippen LogP contribution is 2.26. The first-order valence-electron chi connectivity index (χ1n) is 8.38. The predicted octanol–water partition coefficient (Wildman–Crippen LogP) is 5.90. The van der Waals surface area contributed by atoms with Gasteiger partial charge in [0.2, 0.25) is 0 Å². The number of hydrogen-bond donors (Lipinski definition) is 1. The molecule has 3 rings (SSSR count). The lowest BCUT2D eigenvalue weighted by molar-refractivity contribution is 0.102. The molecule has 0 fully saturated rings. The highest BCUT2D eigenvalue weighted by Gasteiger charge is 2.15. The highest BCUT2D eigenvalue weighted by molar-refractivity contribution is 9.10. The Morgan fingerprint density at radius 1 is 1.00 bits per heavy atom. The van der Waals surface area contributed by atoms with Crippen LogP contribution in [0.5, 0.6) is 5.75 Å². The number of rotatable bonds is 5. The summed E-state index contributed by atoms with van der Waals surface area (Å²) in [6.45, 7) is 4.43. The second-order valence-corrected chi connectivity index (χ2v) is 7.03. The van der Waals surface area contributed by atoms with E-state index in [1.165, 1.54) is 0 Å². The third-order valence-electron chi connectivity index (χ3n) is 4.28. The third kappa shape index (κ3) is 4.33. The molecule has 0 spiro atoms. The number of nitrogens with one attached hydrogen (secondary N) is 1. The molecule has 0 saturated carbocycles. The van der Waals surface area contributed by atoms with Gasteiger partial charge < -0.3 is 10.1 Å². The van der Waals surface area contributed by atoms with Gasteiger partial charge in [0.25, 0.3) is 5.91 Å². The molecule has 3 aromatic carbocycles. The highest BCUT2D eigenvalue weighted by atomic mass is 79.9. The Hall–Kier alpha value is -2.59. The van der Waals surface area contributed by atoms with Crippen molar-refractivity contribution in [3.05, 3.63) is 93.5 Å². The minimum atomic E-state index is -0.192. The van der Waals surface area contributed by atoms with Crippen LogP contribution >= 0.6 is 15.9 Å². The van der Waals surface area contributed by atoms with Crippen LogP contribution in [0.4, 0.5) is 5.69 Å². The fourth-order valence-corrected chi connectivity index (χ4v) is 2.98. The van der Waals surface area contributed by atoms with E-state index in [9.17, 15) is 4.79 Å². The van der Waals surface area contributed by atoms with E-state index in [-0.39, 0.29) is 5.91 Å². The number of carbonyl (C=O) groups excluding carboxylic acids is 1. The van der Waals surface area contributed by atoms with E-state index in [4.69, 9.17) is 4.74 Å². The summed E-state index contributed by atoms with van der Waals surface area (Å²) in [6.07, 6.45) is 0.